The van der Waals surface area contributed by atoms with Crippen LogP contribution in [0.3, 0.4) is 0 Å². The van der Waals surface area contributed by atoms with Gasteiger partial charge >= 0.3 is 0 Å². The van der Waals surface area contributed by atoms with E-state index in [1.165, 1.54) is 16.2 Å². The topological polar surface area (TPSA) is 82.6 Å². The van der Waals surface area contributed by atoms with E-state index in [1.807, 2.05) is 24.1 Å². The van der Waals surface area contributed by atoms with E-state index in [1.54, 1.807) is 0 Å². The number of amides is 1. The van der Waals surface area contributed by atoms with Crippen LogP contribution in [0.15, 0.2) is 12.1 Å². The van der Waals surface area contributed by atoms with Crippen molar-refractivity contribution in [1.82, 2.24) is 9.80 Å². The van der Waals surface area contributed by atoms with E-state index in [0.29, 0.717) is 13.2 Å². The summed E-state index contributed by atoms with van der Waals surface area (Å²) in [6.45, 7) is 4.17. The zero-order valence-corrected chi connectivity index (χ0v) is 12.9. The highest BCUT2D eigenvalue weighted by atomic mass is 32.1. The maximum atomic E-state index is 10.9. The maximum absolute atomic E-state index is 10.9. The second-order valence-corrected chi connectivity index (χ2v) is 6.44. The average Bonchev–Trinajstić information content (AvgIpc) is 2.85. The predicted octanol–water partition coefficient (Wildman–Crippen LogP) is 0.238. The highest BCUT2D eigenvalue weighted by Crippen LogP contribution is 2.19. The molecule has 0 radical (unpaired) electrons. The number of primary amides is 1. The van der Waals surface area contributed by atoms with Crippen LogP contribution in [-0.4, -0.2) is 61.6 Å². The molecule has 2 N–H and O–H groups in total. The number of nitriles is 1. The second kappa shape index (κ2) is 7.52. The summed E-state index contributed by atoms with van der Waals surface area (Å²) in [7, 11) is 1.87. The van der Waals surface area contributed by atoms with Crippen molar-refractivity contribution in [1.29, 1.82) is 5.26 Å². The van der Waals surface area contributed by atoms with Gasteiger partial charge in [0.15, 0.2) is 0 Å². The minimum Gasteiger partial charge on any atom is -0.374 e. The molecule has 21 heavy (non-hydrogen) atoms. The number of likely N-dealkylation sites (N-methyl/N-ethyl adjacent to an activating group) is 1. The summed E-state index contributed by atoms with van der Waals surface area (Å²) in [6.07, 6.45) is 0.0819. The molecule has 2 heterocycles. The quantitative estimate of drug-likeness (QED) is 0.814. The summed E-state index contributed by atoms with van der Waals surface area (Å²) in [5.41, 5.74) is 5.19. The van der Waals surface area contributed by atoms with Gasteiger partial charge in [-0.25, -0.2) is 0 Å². The maximum Gasteiger partial charge on any atom is 0.231 e. The van der Waals surface area contributed by atoms with Crippen molar-refractivity contribution in [2.45, 2.75) is 12.6 Å². The summed E-state index contributed by atoms with van der Waals surface area (Å²) < 4.78 is 5.74. The smallest absolute Gasteiger partial charge is 0.231 e. The van der Waals surface area contributed by atoms with Gasteiger partial charge < -0.3 is 10.5 Å². The van der Waals surface area contributed by atoms with Crippen LogP contribution in [0.25, 0.3) is 0 Å². The summed E-state index contributed by atoms with van der Waals surface area (Å²) in [5, 5.41) is 8.85. The van der Waals surface area contributed by atoms with Gasteiger partial charge in [-0.3, -0.25) is 14.6 Å². The average molecular weight is 308 g/mol. The molecule has 2 rings (SSSR count). The van der Waals surface area contributed by atoms with E-state index in [2.05, 4.69) is 11.0 Å². The van der Waals surface area contributed by atoms with Crippen LogP contribution in [-0.2, 0) is 16.1 Å². The van der Waals surface area contributed by atoms with Crippen molar-refractivity contribution in [2.24, 2.45) is 5.73 Å². The summed E-state index contributed by atoms with van der Waals surface area (Å²) in [5.74, 6) is -0.326. The molecule has 1 aromatic heterocycles. The first-order valence-electron chi connectivity index (χ1n) is 6.86. The molecular formula is C14H20N4O2S. The molecule has 0 bridgehead atoms. The highest BCUT2D eigenvalue weighted by Gasteiger charge is 2.22. The van der Waals surface area contributed by atoms with Gasteiger partial charge in [0.1, 0.15) is 10.9 Å². The first-order chi connectivity index (χ1) is 10.1. The van der Waals surface area contributed by atoms with Crippen molar-refractivity contribution in [3.63, 3.8) is 0 Å². The number of nitrogens with zero attached hydrogens (tertiary/aromatic N) is 3. The van der Waals surface area contributed by atoms with Crippen LogP contribution in [0.4, 0.5) is 0 Å². The highest BCUT2D eigenvalue weighted by molar-refractivity contribution is 7.12. The van der Waals surface area contributed by atoms with Crippen LogP contribution >= 0.6 is 11.3 Å². The van der Waals surface area contributed by atoms with Crippen LogP contribution in [0.1, 0.15) is 9.75 Å². The van der Waals surface area contributed by atoms with E-state index < -0.39 is 0 Å². The Kier molecular flexibility index (Phi) is 5.70. The Morgan fingerprint density at radius 3 is 3.14 bits per heavy atom. The first-order valence-corrected chi connectivity index (χ1v) is 7.68. The number of thiophene rings is 1. The molecular weight excluding hydrogens is 288 g/mol. The third-order valence-corrected chi connectivity index (χ3v) is 4.29. The van der Waals surface area contributed by atoms with Gasteiger partial charge in [-0.1, -0.05) is 0 Å². The number of hydrogen-bond donors (Lipinski definition) is 1. The Balaban J connectivity index is 1.83. The molecule has 1 atom stereocenters. The van der Waals surface area contributed by atoms with Crippen LogP contribution < -0.4 is 5.73 Å². The fourth-order valence-corrected chi connectivity index (χ4v) is 3.30. The number of carbonyl (C=O) groups excluding carboxylic acids is 1. The standard InChI is InChI=1S/C14H20N4O2S/c1-17(10-14(16)19)7-11-8-18(4-5-20-11)9-13-3-2-12(6-15)21-13/h2-3,11H,4-5,7-10H2,1H3,(H2,16,19)/t11-/m1/s1. The van der Waals surface area contributed by atoms with Crippen LogP contribution in [0, 0.1) is 11.3 Å². The number of nitrogens with two attached hydrogens (primary N) is 1. The van der Waals surface area contributed by atoms with Gasteiger partial charge in [0.2, 0.25) is 5.91 Å². The van der Waals surface area contributed by atoms with E-state index in [4.69, 9.17) is 15.7 Å². The van der Waals surface area contributed by atoms with Gasteiger partial charge in [-0.2, -0.15) is 5.26 Å². The Morgan fingerprint density at radius 1 is 1.67 bits per heavy atom. The Labute approximate surface area is 128 Å². The lowest BCUT2D eigenvalue weighted by Crippen LogP contribution is -2.47. The third kappa shape index (κ3) is 5.10. The van der Waals surface area contributed by atoms with Gasteiger partial charge in [0.05, 0.1) is 19.3 Å². The molecule has 1 aliphatic heterocycles. The number of rotatable bonds is 6. The van der Waals surface area contributed by atoms with Crippen molar-refractivity contribution >= 4 is 17.2 Å². The summed E-state index contributed by atoms with van der Waals surface area (Å²) in [4.78, 5) is 17.0. The molecule has 1 aromatic rings. The van der Waals surface area contributed by atoms with Crippen molar-refractivity contribution in [3.05, 3.63) is 21.9 Å². The molecule has 0 spiro atoms. The summed E-state index contributed by atoms with van der Waals surface area (Å²) >= 11 is 1.53. The number of ether oxygens (including phenoxy) is 1. The molecule has 1 amide bonds. The number of morpholine rings is 1. The lowest BCUT2D eigenvalue weighted by Gasteiger charge is -2.34. The normalized spacial score (nSPS) is 19.6. The fraction of sp³-hybridized carbons (Fsp3) is 0.571. The van der Waals surface area contributed by atoms with Crippen LogP contribution in [0.5, 0.6) is 0 Å². The van der Waals surface area contributed by atoms with E-state index in [9.17, 15) is 4.79 Å². The lowest BCUT2D eigenvalue weighted by molar-refractivity contribution is -0.119. The van der Waals surface area contributed by atoms with Crippen molar-refractivity contribution in [2.75, 3.05) is 39.8 Å². The molecule has 0 saturated carbocycles. The van der Waals surface area contributed by atoms with E-state index in [-0.39, 0.29) is 18.6 Å². The third-order valence-electron chi connectivity index (χ3n) is 3.32. The van der Waals surface area contributed by atoms with Crippen molar-refractivity contribution < 1.29 is 9.53 Å². The van der Waals surface area contributed by atoms with E-state index >= 15 is 0 Å². The number of carbonyl (C=O) groups is 1. The predicted molar refractivity (Wildman–Crippen MR) is 80.7 cm³/mol. The zero-order valence-electron chi connectivity index (χ0n) is 12.1. The molecule has 0 aromatic carbocycles. The SMILES string of the molecule is CN(CC(N)=O)C[C@@H]1CN(Cc2ccc(C#N)s2)CCO1. The molecule has 114 valence electrons. The van der Waals surface area contributed by atoms with Gasteiger partial charge in [0.25, 0.3) is 0 Å². The number of hydrogen-bond acceptors (Lipinski definition) is 6. The van der Waals surface area contributed by atoms with Crippen molar-refractivity contribution in [3.8, 4) is 6.07 Å². The second-order valence-electron chi connectivity index (χ2n) is 5.27. The first kappa shape index (κ1) is 15.9. The molecule has 0 aliphatic carbocycles. The Morgan fingerprint density at radius 2 is 2.48 bits per heavy atom. The van der Waals surface area contributed by atoms with E-state index in [0.717, 1.165) is 24.5 Å². The molecule has 0 unspecified atom stereocenters. The Bertz CT molecular complexity index is 525. The summed E-state index contributed by atoms with van der Waals surface area (Å²) in [6, 6.07) is 6.03. The van der Waals surface area contributed by atoms with Gasteiger partial charge in [-0.15, -0.1) is 11.3 Å². The fourth-order valence-electron chi connectivity index (χ4n) is 2.46. The molecule has 1 saturated heterocycles. The Hall–Kier alpha value is -1.46. The largest absolute Gasteiger partial charge is 0.374 e. The van der Waals surface area contributed by atoms with Gasteiger partial charge in [-0.05, 0) is 19.2 Å². The minimum atomic E-state index is -0.326. The minimum absolute atomic E-state index is 0.0819. The van der Waals surface area contributed by atoms with Gasteiger partial charge in [0, 0.05) is 31.1 Å². The lowest BCUT2D eigenvalue weighted by atomic mass is 10.2. The monoisotopic (exact) mass is 308 g/mol. The molecule has 1 fully saturated rings. The molecule has 1 aliphatic rings. The molecule has 7 heteroatoms. The zero-order chi connectivity index (χ0) is 15.2. The van der Waals surface area contributed by atoms with Crippen LogP contribution in [0.2, 0.25) is 0 Å². The molecule has 6 nitrogen and oxygen atoms in total.